The number of rotatable bonds is 16. The SMILES string of the molecule is C=CCCC[C@H](NC(=O)c1ccc(CO[C@@H](COCC)c2ccc(-c3ccccc3)s2)cc1-c1ccccc1C)C(=O)O. The minimum Gasteiger partial charge on any atom is -0.480 e. The van der Waals surface area contributed by atoms with Gasteiger partial charge in [-0.2, -0.15) is 0 Å². The molecule has 0 bridgehead atoms. The second kappa shape index (κ2) is 16.0. The maximum atomic E-state index is 13.5. The van der Waals surface area contributed by atoms with Crippen molar-refractivity contribution >= 4 is 23.2 Å². The van der Waals surface area contributed by atoms with Crippen molar-refractivity contribution in [3.05, 3.63) is 119 Å². The van der Waals surface area contributed by atoms with Gasteiger partial charge in [0.15, 0.2) is 0 Å². The van der Waals surface area contributed by atoms with Gasteiger partial charge in [-0.05, 0) is 85.2 Å². The van der Waals surface area contributed by atoms with Gasteiger partial charge in [-0.1, -0.05) is 66.7 Å². The van der Waals surface area contributed by atoms with E-state index in [4.69, 9.17) is 9.47 Å². The van der Waals surface area contributed by atoms with Crippen LogP contribution in [0.1, 0.15) is 58.7 Å². The van der Waals surface area contributed by atoms with E-state index in [0.29, 0.717) is 44.6 Å². The van der Waals surface area contributed by atoms with Crippen LogP contribution in [0.5, 0.6) is 0 Å². The number of nitrogens with one attached hydrogen (secondary N) is 1. The molecule has 0 fully saturated rings. The highest BCUT2D eigenvalue weighted by molar-refractivity contribution is 7.15. The summed E-state index contributed by atoms with van der Waals surface area (Å²) in [5, 5.41) is 12.5. The van der Waals surface area contributed by atoms with E-state index < -0.39 is 17.9 Å². The highest BCUT2D eigenvalue weighted by Crippen LogP contribution is 2.34. The normalized spacial score (nSPS) is 12.4. The van der Waals surface area contributed by atoms with Crippen molar-refractivity contribution in [3.8, 4) is 21.6 Å². The number of carboxylic acid groups (broad SMARTS) is 1. The minimum absolute atomic E-state index is 0.251. The molecule has 224 valence electrons. The lowest BCUT2D eigenvalue weighted by Gasteiger charge is -2.19. The summed E-state index contributed by atoms with van der Waals surface area (Å²) in [5.74, 6) is -1.47. The number of carbonyl (C=O) groups is 2. The minimum atomic E-state index is -1.05. The Morgan fingerprint density at radius 1 is 1.00 bits per heavy atom. The number of aliphatic carboxylic acids is 1. The molecule has 0 unspecified atom stereocenters. The Labute approximate surface area is 258 Å². The molecule has 1 heterocycles. The van der Waals surface area contributed by atoms with Crippen LogP contribution in [0.15, 0.2) is 97.6 Å². The number of thiophene rings is 1. The van der Waals surface area contributed by atoms with Gasteiger partial charge in [0, 0.05) is 21.9 Å². The molecule has 1 amide bonds. The summed E-state index contributed by atoms with van der Waals surface area (Å²) in [6, 6.07) is 26.9. The number of hydrogen-bond acceptors (Lipinski definition) is 5. The third kappa shape index (κ3) is 8.74. The molecule has 6 nitrogen and oxygen atoms in total. The Balaban J connectivity index is 1.58. The van der Waals surface area contributed by atoms with Gasteiger partial charge in [0.1, 0.15) is 12.1 Å². The first-order valence-electron chi connectivity index (χ1n) is 14.6. The van der Waals surface area contributed by atoms with Crippen LogP contribution >= 0.6 is 11.3 Å². The molecule has 0 spiro atoms. The van der Waals surface area contributed by atoms with E-state index in [1.165, 1.54) is 4.88 Å². The predicted molar refractivity (Wildman–Crippen MR) is 173 cm³/mol. The molecule has 0 radical (unpaired) electrons. The van der Waals surface area contributed by atoms with Gasteiger partial charge in [-0.25, -0.2) is 4.79 Å². The molecule has 43 heavy (non-hydrogen) atoms. The van der Waals surface area contributed by atoms with E-state index in [0.717, 1.165) is 32.7 Å². The van der Waals surface area contributed by atoms with Gasteiger partial charge in [0.2, 0.25) is 0 Å². The third-order valence-corrected chi connectivity index (χ3v) is 8.42. The zero-order valence-electron chi connectivity index (χ0n) is 24.8. The first-order valence-corrected chi connectivity index (χ1v) is 15.4. The van der Waals surface area contributed by atoms with E-state index in [1.54, 1.807) is 23.5 Å². The molecule has 1 aromatic heterocycles. The number of carboxylic acids is 1. The molecule has 0 aliphatic carbocycles. The van der Waals surface area contributed by atoms with Crippen LogP contribution in [0.2, 0.25) is 0 Å². The van der Waals surface area contributed by atoms with Crippen LogP contribution in [0.3, 0.4) is 0 Å². The van der Waals surface area contributed by atoms with Gasteiger partial charge in [-0.3, -0.25) is 4.79 Å². The average Bonchev–Trinajstić information content (AvgIpc) is 3.51. The lowest BCUT2D eigenvalue weighted by atomic mass is 9.93. The number of aryl methyl sites for hydroxylation is 1. The highest BCUT2D eigenvalue weighted by Gasteiger charge is 2.23. The summed E-state index contributed by atoms with van der Waals surface area (Å²) in [6.45, 7) is 8.98. The number of hydrogen-bond donors (Lipinski definition) is 2. The standard InChI is InChI=1S/C36H39NO5S/c1-4-6-8-17-31(36(39)40)37-35(38)29-19-18-26(22-30(29)28-16-12-11-13-25(28)3)23-42-32(24-41-5-2)34-21-20-33(43-34)27-14-9-7-10-15-27/h4,7,9-16,18-22,31-32H,1,5-6,8,17,23-24H2,2-3H3,(H,37,38)(H,39,40)/t31-,32-/m0/s1. The maximum Gasteiger partial charge on any atom is 0.326 e. The Morgan fingerprint density at radius 2 is 1.77 bits per heavy atom. The van der Waals surface area contributed by atoms with Crippen LogP contribution in [0, 0.1) is 6.92 Å². The van der Waals surface area contributed by atoms with E-state index in [2.05, 4.69) is 36.2 Å². The fraction of sp³-hybridized carbons (Fsp3) is 0.278. The summed E-state index contributed by atoms with van der Waals surface area (Å²) in [6.07, 6.45) is 3.14. The fourth-order valence-corrected chi connectivity index (χ4v) is 5.90. The molecule has 2 N–H and O–H groups in total. The van der Waals surface area contributed by atoms with Crippen LogP contribution in [-0.2, 0) is 20.9 Å². The van der Waals surface area contributed by atoms with Gasteiger partial charge in [0.05, 0.1) is 13.2 Å². The quantitative estimate of drug-likeness (QED) is 0.100. The molecule has 0 saturated carbocycles. The first kappa shape index (κ1) is 31.9. The number of unbranched alkanes of at least 4 members (excludes halogenated alkanes) is 1. The number of amides is 1. The molecule has 7 heteroatoms. The van der Waals surface area contributed by atoms with Gasteiger partial charge in [0.25, 0.3) is 5.91 Å². The number of allylic oxidation sites excluding steroid dienone is 1. The van der Waals surface area contributed by atoms with E-state index in [9.17, 15) is 14.7 Å². The van der Waals surface area contributed by atoms with Crippen molar-refractivity contribution in [2.75, 3.05) is 13.2 Å². The molecule has 4 aromatic rings. The molecule has 0 saturated heterocycles. The number of benzene rings is 3. The Bertz CT molecular complexity index is 1510. The fourth-order valence-electron chi connectivity index (χ4n) is 4.85. The summed E-state index contributed by atoms with van der Waals surface area (Å²) >= 11 is 1.69. The molecule has 0 aliphatic rings. The van der Waals surface area contributed by atoms with Crippen LogP contribution in [0.4, 0.5) is 0 Å². The first-order chi connectivity index (χ1) is 20.9. The van der Waals surface area contributed by atoms with Crippen molar-refractivity contribution < 1.29 is 24.2 Å². The average molecular weight is 598 g/mol. The zero-order chi connectivity index (χ0) is 30.6. The Morgan fingerprint density at radius 3 is 2.49 bits per heavy atom. The van der Waals surface area contributed by atoms with E-state index in [1.807, 2.05) is 68.4 Å². The maximum absolute atomic E-state index is 13.5. The Kier molecular flexibility index (Phi) is 11.9. The van der Waals surface area contributed by atoms with Crippen molar-refractivity contribution in [2.24, 2.45) is 0 Å². The third-order valence-electron chi connectivity index (χ3n) is 7.20. The van der Waals surface area contributed by atoms with Crippen LogP contribution < -0.4 is 5.32 Å². The molecule has 2 atom stereocenters. The van der Waals surface area contributed by atoms with Crippen molar-refractivity contribution in [2.45, 2.75) is 51.9 Å². The largest absolute Gasteiger partial charge is 0.480 e. The lowest BCUT2D eigenvalue weighted by Crippen LogP contribution is -2.40. The van der Waals surface area contributed by atoms with Crippen LogP contribution in [-0.4, -0.2) is 36.2 Å². The topological polar surface area (TPSA) is 84.9 Å². The second-order valence-electron chi connectivity index (χ2n) is 10.3. The second-order valence-corrected chi connectivity index (χ2v) is 11.4. The molecule has 0 aliphatic heterocycles. The highest BCUT2D eigenvalue weighted by atomic mass is 32.1. The smallest absolute Gasteiger partial charge is 0.326 e. The van der Waals surface area contributed by atoms with E-state index >= 15 is 0 Å². The summed E-state index contributed by atoms with van der Waals surface area (Å²) in [4.78, 5) is 27.6. The van der Waals surface area contributed by atoms with Crippen molar-refractivity contribution in [1.29, 1.82) is 0 Å². The van der Waals surface area contributed by atoms with Gasteiger partial charge in [-0.15, -0.1) is 17.9 Å². The van der Waals surface area contributed by atoms with E-state index in [-0.39, 0.29) is 6.10 Å². The molecular weight excluding hydrogens is 558 g/mol. The molecular formula is C36H39NO5S. The number of carbonyl (C=O) groups excluding carboxylic acids is 1. The molecule has 4 rings (SSSR count). The zero-order valence-corrected chi connectivity index (χ0v) is 25.6. The molecule has 3 aromatic carbocycles. The van der Waals surface area contributed by atoms with Crippen molar-refractivity contribution in [1.82, 2.24) is 5.32 Å². The lowest BCUT2D eigenvalue weighted by molar-refractivity contribution is -0.139. The summed E-state index contributed by atoms with van der Waals surface area (Å²) in [7, 11) is 0. The predicted octanol–water partition coefficient (Wildman–Crippen LogP) is 8.22. The van der Waals surface area contributed by atoms with Crippen LogP contribution in [0.25, 0.3) is 21.6 Å². The Hall–Kier alpha value is -4.04. The van der Waals surface area contributed by atoms with Crippen molar-refractivity contribution in [3.63, 3.8) is 0 Å². The number of ether oxygens (including phenoxy) is 2. The van der Waals surface area contributed by atoms with Gasteiger partial charge >= 0.3 is 5.97 Å². The summed E-state index contributed by atoms with van der Waals surface area (Å²) in [5.41, 5.74) is 5.13. The monoisotopic (exact) mass is 597 g/mol. The van der Waals surface area contributed by atoms with Gasteiger partial charge < -0.3 is 19.9 Å². The summed E-state index contributed by atoms with van der Waals surface area (Å²) < 4.78 is 12.2.